The second-order valence-electron chi connectivity index (χ2n) is 4.96. The van der Waals surface area contributed by atoms with Crippen molar-refractivity contribution in [2.45, 2.75) is 25.8 Å². The lowest BCUT2D eigenvalue weighted by atomic mass is 10.0. The molecule has 0 aliphatic carbocycles. The SMILES string of the molecule is CCNC(C1=CCCCO1)c1cccc2c1OCCO2. The van der Waals surface area contributed by atoms with E-state index in [4.69, 9.17) is 14.2 Å². The van der Waals surface area contributed by atoms with Crippen LogP contribution in [-0.4, -0.2) is 26.4 Å². The highest BCUT2D eigenvalue weighted by atomic mass is 16.6. The van der Waals surface area contributed by atoms with Crippen molar-refractivity contribution in [3.63, 3.8) is 0 Å². The van der Waals surface area contributed by atoms with Gasteiger partial charge in [0.15, 0.2) is 11.5 Å². The molecule has 0 aromatic heterocycles. The molecule has 20 heavy (non-hydrogen) atoms. The Bertz CT molecular complexity index is 498. The Morgan fingerprint density at radius 3 is 2.85 bits per heavy atom. The van der Waals surface area contributed by atoms with Gasteiger partial charge in [0.05, 0.1) is 12.6 Å². The van der Waals surface area contributed by atoms with Crippen LogP contribution in [0.25, 0.3) is 0 Å². The van der Waals surface area contributed by atoms with Crippen LogP contribution in [0.3, 0.4) is 0 Å². The number of fused-ring (bicyclic) bond motifs is 1. The predicted octanol–water partition coefficient (Wildman–Crippen LogP) is 2.80. The minimum atomic E-state index is 0.0388. The molecule has 3 rings (SSSR count). The molecule has 0 spiro atoms. The van der Waals surface area contributed by atoms with Gasteiger partial charge in [0.1, 0.15) is 19.0 Å². The van der Waals surface area contributed by atoms with E-state index in [1.807, 2.05) is 12.1 Å². The molecule has 0 bridgehead atoms. The fourth-order valence-electron chi connectivity index (χ4n) is 2.67. The second-order valence-corrected chi connectivity index (χ2v) is 4.96. The van der Waals surface area contributed by atoms with E-state index in [0.717, 1.165) is 48.8 Å². The molecule has 4 nitrogen and oxygen atoms in total. The second kappa shape index (κ2) is 6.18. The van der Waals surface area contributed by atoms with Crippen molar-refractivity contribution in [1.82, 2.24) is 5.32 Å². The van der Waals surface area contributed by atoms with Crippen molar-refractivity contribution >= 4 is 0 Å². The van der Waals surface area contributed by atoms with Gasteiger partial charge in [-0.15, -0.1) is 0 Å². The van der Waals surface area contributed by atoms with E-state index < -0.39 is 0 Å². The van der Waals surface area contributed by atoms with E-state index in [1.54, 1.807) is 0 Å². The summed E-state index contributed by atoms with van der Waals surface area (Å²) in [5.74, 6) is 2.67. The first-order valence-corrected chi connectivity index (χ1v) is 7.35. The fraction of sp³-hybridized carbons (Fsp3) is 0.500. The third-order valence-electron chi connectivity index (χ3n) is 3.56. The Morgan fingerprint density at radius 2 is 2.05 bits per heavy atom. The molecule has 108 valence electrons. The zero-order chi connectivity index (χ0) is 13.8. The quantitative estimate of drug-likeness (QED) is 0.917. The average molecular weight is 275 g/mol. The molecule has 1 aromatic rings. The molecular formula is C16H21NO3. The Kier molecular flexibility index (Phi) is 4.11. The van der Waals surface area contributed by atoms with Crippen LogP contribution in [0.5, 0.6) is 11.5 Å². The molecule has 1 N–H and O–H groups in total. The number of ether oxygens (including phenoxy) is 3. The first-order valence-electron chi connectivity index (χ1n) is 7.35. The molecule has 2 aliphatic rings. The Labute approximate surface area is 119 Å². The molecule has 1 aromatic carbocycles. The number of rotatable bonds is 4. The topological polar surface area (TPSA) is 39.7 Å². The summed E-state index contributed by atoms with van der Waals surface area (Å²) in [6.07, 6.45) is 4.35. The summed E-state index contributed by atoms with van der Waals surface area (Å²) in [5.41, 5.74) is 1.09. The van der Waals surface area contributed by atoms with Crippen LogP contribution in [-0.2, 0) is 4.74 Å². The third kappa shape index (κ3) is 2.61. The first kappa shape index (κ1) is 13.3. The minimum absolute atomic E-state index is 0.0388. The van der Waals surface area contributed by atoms with Gasteiger partial charge in [-0.2, -0.15) is 0 Å². The maximum atomic E-state index is 5.84. The van der Waals surface area contributed by atoms with Crippen molar-refractivity contribution in [3.8, 4) is 11.5 Å². The van der Waals surface area contributed by atoms with E-state index in [9.17, 15) is 0 Å². The highest BCUT2D eigenvalue weighted by molar-refractivity contribution is 5.50. The number of allylic oxidation sites excluding steroid dienone is 1. The number of hydrogen-bond donors (Lipinski definition) is 1. The van der Waals surface area contributed by atoms with Crippen LogP contribution < -0.4 is 14.8 Å². The van der Waals surface area contributed by atoms with Gasteiger partial charge in [-0.1, -0.05) is 19.1 Å². The molecule has 0 radical (unpaired) electrons. The molecule has 1 unspecified atom stereocenters. The summed E-state index contributed by atoms with van der Waals surface area (Å²) < 4.78 is 17.3. The molecule has 2 heterocycles. The van der Waals surface area contributed by atoms with E-state index >= 15 is 0 Å². The summed E-state index contributed by atoms with van der Waals surface area (Å²) in [4.78, 5) is 0. The van der Waals surface area contributed by atoms with Gasteiger partial charge in [-0.05, 0) is 31.5 Å². The largest absolute Gasteiger partial charge is 0.496 e. The maximum absolute atomic E-state index is 5.84. The molecule has 0 saturated heterocycles. The summed E-state index contributed by atoms with van der Waals surface area (Å²) in [6, 6.07) is 6.09. The Balaban J connectivity index is 1.96. The van der Waals surface area contributed by atoms with Gasteiger partial charge in [-0.25, -0.2) is 0 Å². The van der Waals surface area contributed by atoms with Gasteiger partial charge >= 0.3 is 0 Å². The lowest BCUT2D eigenvalue weighted by Crippen LogP contribution is -2.27. The smallest absolute Gasteiger partial charge is 0.166 e. The molecule has 0 fully saturated rings. The summed E-state index contributed by atoms with van der Waals surface area (Å²) in [6.45, 7) is 4.98. The van der Waals surface area contributed by atoms with Crippen molar-refractivity contribution in [2.75, 3.05) is 26.4 Å². The van der Waals surface area contributed by atoms with E-state index in [-0.39, 0.29) is 6.04 Å². The number of para-hydroxylation sites is 1. The summed E-state index contributed by atoms with van der Waals surface area (Å²) in [7, 11) is 0. The van der Waals surface area contributed by atoms with Gasteiger partial charge in [0.2, 0.25) is 0 Å². The monoisotopic (exact) mass is 275 g/mol. The van der Waals surface area contributed by atoms with Crippen LogP contribution >= 0.6 is 0 Å². The van der Waals surface area contributed by atoms with Crippen molar-refractivity contribution in [1.29, 1.82) is 0 Å². The minimum Gasteiger partial charge on any atom is -0.496 e. The van der Waals surface area contributed by atoms with Gasteiger partial charge in [-0.3, -0.25) is 0 Å². The molecule has 0 amide bonds. The van der Waals surface area contributed by atoms with Crippen LogP contribution in [0, 0.1) is 0 Å². The zero-order valence-electron chi connectivity index (χ0n) is 11.9. The average Bonchev–Trinajstić information content (AvgIpc) is 2.53. The number of nitrogens with one attached hydrogen (secondary N) is 1. The van der Waals surface area contributed by atoms with Crippen LogP contribution in [0.4, 0.5) is 0 Å². The standard InChI is InChI=1S/C16H21NO3/c1-2-17-15(13-7-3-4-9-18-13)12-6-5-8-14-16(12)20-11-10-19-14/h5-8,15,17H,2-4,9-11H2,1H3. The highest BCUT2D eigenvalue weighted by Gasteiger charge is 2.26. The normalized spacial score (nSPS) is 18.9. The lowest BCUT2D eigenvalue weighted by molar-refractivity contribution is 0.156. The predicted molar refractivity (Wildman–Crippen MR) is 77.1 cm³/mol. The molecule has 4 heteroatoms. The molecule has 1 atom stereocenters. The first-order chi connectivity index (χ1) is 9.90. The van der Waals surface area contributed by atoms with Crippen molar-refractivity contribution in [3.05, 3.63) is 35.6 Å². The number of hydrogen-bond acceptors (Lipinski definition) is 4. The van der Waals surface area contributed by atoms with Crippen LogP contribution in [0.15, 0.2) is 30.0 Å². The lowest BCUT2D eigenvalue weighted by Gasteiger charge is -2.28. The third-order valence-corrected chi connectivity index (χ3v) is 3.56. The molecule has 2 aliphatic heterocycles. The fourth-order valence-corrected chi connectivity index (χ4v) is 2.67. The maximum Gasteiger partial charge on any atom is 0.166 e. The van der Waals surface area contributed by atoms with Gasteiger partial charge in [0.25, 0.3) is 0 Å². The molecule has 0 saturated carbocycles. The Morgan fingerprint density at radius 1 is 1.15 bits per heavy atom. The zero-order valence-corrected chi connectivity index (χ0v) is 11.9. The van der Waals surface area contributed by atoms with Crippen LogP contribution in [0.2, 0.25) is 0 Å². The van der Waals surface area contributed by atoms with E-state index in [0.29, 0.717) is 13.2 Å². The van der Waals surface area contributed by atoms with Crippen molar-refractivity contribution < 1.29 is 14.2 Å². The molecular weight excluding hydrogens is 254 g/mol. The van der Waals surface area contributed by atoms with Gasteiger partial charge in [0, 0.05) is 5.56 Å². The van der Waals surface area contributed by atoms with Crippen molar-refractivity contribution in [2.24, 2.45) is 0 Å². The number of likely N-dealkylation sites (N-methyl/N-ethyl adjacent to an activating group) is 1. The van der Waals surface area contributed by atoms with Crippen LogP contribution in [0.1, 0.15) is 31.4 Å². The number of benzene rings is 1. The van der Waals surface area contributed by atoms with E-state index in [2.05, 4.69) is 24.4 Å². The Hall–Kier alpha value is -1.68. The van der Waals surface area contributed by atoms with Gasteiger partial charge < -0.3 is 19.5 Å². The summed E-state index contributed by atoms with van der Waals surface area (Å²) in [5, 5.41) is 3.49. The highest BCUT2D eigenvalue weighted by Crippen LogP contribution is 2.39. The van der Waals surface area contributed by atoms with E-state index in [1.165, 1.54) is 0 Å². The summed E-state index contributed by atoms with van der Waals surface area (Å²) >= 11 is 0.